The number of ether oxygens (including phenoxy) is 2. The zero-order chi connectivity index (χ0) is 42.4. The average Bonchev–Trinajstić information content (AvgIpc) is 4.10. The summed E-state index contributed by atoms with van der Waals surface area (Å²) in [6.07, 6.45) is 3.61. The van der Waals surface area contributed by atoms with E-state index in [1.807, 2.05) is 58.5 Å². The minimum Gasteiger partial charge on any atom is -0.662 e. The van der Waals surface area contributed by atoms with Gasteiger partial charge >= 0.3 is 41.7 Å². The van der Waals surface area contributed by atoms with Crippen molar-refractivity contribution in [3.8, 4) is 0 Å². The van der Waals surface area contributed by atoms with Crippen LogP contribution in [0.2, 0.25) is 8.67 Å². The van der Waals surface area contributed by atoms with Gasteiger partial charge in [0.1, 0.15) is 24.9 Å². The Morgan fingerprint density at radius 2 is 1.08 bits per heavy atom. The Morgan fingerprint density at radius 1 is 0.710 bits per heavy atom. The third-order valence-electron chi connectivity index (χ3n) is 9.33. The fourth-order valence-corrected chi connectivity index (χ4v) is 8.37. The number of aliphatic imine (C=N–C) groups is 2. The van der Waals surface area contributed by atoms with Crippen molar-refractivity contribution in [2.24, 2.45) is 9.98 Å². The van der Waals surface area contributed by atoms with E-state index in [0.29, 0.717) is 57.2 Å². The van der Waals surface area contributed by atoms with Gasteiger partial charge in [0.25, 0.3) is 6.47 Å². The number of amides is 2. The van der Waals surface area contributed by atoms with Gasteiger partial charge in [-0.15, -0.1) is 35.1 Å². The van der Waals surface area contributed by atoms with Gasteiger partial charge < -0.3 is 19.6 Å². The molecule has 8 rings (SSSR count). The summed E-state index contributed by atoms with van der Waals surface area (Å²) in [6.45, 7) is 3.74. The Morgan fingerprint density at radius 3 is 1.39 bits per heavy atom. The van der Waals surface area contributed by atoms with E-state index in [0.717, 1.165) is 48.9 Å². The fraction of sp³-hybridized carbons (Fsp3) is 0.308. The van der Waals surface area contributed by atoms with E-state index in [9.17, 15) is 19.2 Å². The van der Waals surface area contributed by atoms with E-state index in [-0.39, 0.29) is 84.4 Å². The number of ketones is 2. The minimum absolute atomic E-state index is 0. The minimum atomic E-state index is -0.382. The summed E-state index contributed by atoms with van der Waals surface area (Å²) in [7, 11) is 0. The van der Waals surface area contributed by atoms with Crippen LogP contribution in [0.1, 0.15) is 45.0 Å². The van der Waals surface area contributed by atoms with Crippen LogP contribution in [0, 0.1) is 0 Å². The van der Waals surface area contributed by atoms with Crippen LogP contribution >= 0.6 is 58.3 Å². The van der Waals surface area contributed by atoms with Crippen molar-refractivity contribution in [2.75, 3.05) is 59.1 Å². The maximum absolute atomic E-state index is 12.3. The molecule has 4 aliphatic heterocycles. The van der Waals surface area contributed by atoms with Crippen LogP contribution in [-0.2, 0) is 19.2 Å². The molecular weight excluding hydrogens is 918 g/mol. The molecule has 2 aromatic carbocycles. The summed E-state index contributed by atoms with van der Waals surface area (Å²) < 4.78 is 12.1. The molecule has 2 fully saturated rings. The smallest absolute Gasteiger partial charge is 0.662 e. The summed E-state index contributed by atoms with van der Waals surface area (Å²) in [5.74, 6) is 0.0432. The van der Waals surface area contributed by atoms with Crippen LogP contribution in [0.25, 0.3) is 0 Å². The number of nitrogens with zero attached hydrogens (tertiary/aromatic N) is 6. The van der Waals surface area contributed by atoms with Crippen molar-refractivity contribution >= 4 is 124 Å². The van der Waals surface area contributed by atoms with E-state index in [1.54, 1.807) is 46.7 Å². The van der Waals surface area contributed by atoms with Crippen LogP contribution in [0.4, 0.5) is 32.3 Å². The molecule has 2 aromatic heterocycles. The quantitative estimate of drug-likeness (QED) is 0.0652. The number of Topliss-reactive ketones (excluding diaryl/α,β-unsaturated/α-hetero) is 2. The average molecular weight is 958 g/mol. The number of carbonyl (C=O) groups is 5. The van der Waals surface area contributed by atoms with Gasteiger partial charge in [0.2, 0.25) is 0 Å². The van der Waals surface area contributed by atoms with Gasteiger partial charge in [0, 0.05) is 24.2 Å². The molecule has 6 heterocycles. The Hall–Kier alpha value is -4.44. The molecule has 0 bridgehead atoms. The second-order valence-electron chi connectivity index (χ2n) is 13.2. The van der Waals surface area contributed by atoms with Gasteiger partial charge in [0.05, 0.1) is 69.1 Å². The van der Waals surface area contributed by atoms with Crippen molar-refractivity contribution in [2.45, 2.75) is 37.9 Å². The number of anilines is 4. The number of carbonyl (C=O) groups excluding carboxylic acids is 5. The SMILES string of the molecule is Cl.O=C(CC[C@H]1CN(c2ccc(N3CCN=CN3)cc2)C(=O)O1)c1ccc(Cl)s1.O=C(CC[C@H]1CN(c2ccc(N3CCN=CN3)cc2)C(=O)O1)c1ccc(Cl)s1.O=CO[O-].[Na+]. The third-order valence-corrected chi connectivity index (χ3v) is 11.9. The van der Waals surface area contributed by atoms with Crippen LogP contribution in [-0.4, -0.2) is 94.4 Å². The van der Waals surface area contributed by atoms with Gasteiger partial charge in [0.15, 0.2) is 11.6 Å². The van der Waals surface area contributed by atoms with Crippen molar-refractivity contribution in [1.82, 2.24) is 10.9 Å². The molecule has 4 aliphatic rings. The van der Waals surface area contributed by atoms with Crippen molar-refractivity contribution in [3.63, 3.8) is 0 Å². The first-order valence-electron chi connectivity index (χ1n) is 18.6. The van der Waals surface area contributed by atoms with Gasteiger partial charge in [-0.1, -0.05) is 23.2 Å². The molecule has 0 spiro atoms. The molecule has 2 N–H and O–H groups in total. The molecule has 4 aromatic rings. The largest absolute Gasteiger partial charge is 1.00 e. The second-order valence-corrected chi connectivity index (χ2v) is 16.7. The molecule has 23 heteroatoms. The maximum atomic E-state index is 12.3. The van der Waals surface area contributed by atoms with E-state index in [2.05, 4.69) is 25.7 Å². The summed E-state index contributed by atoms with van der Waals surface area (Å²) in [5.41, 5.74) is 9.71. The fourth-order valence-electron chi connectivity index (χ4n) is 6.35. The standard InChI is InChI=1S/2C19H19ClN4O3S.CH2O3.ClH.Na/c2*20-18-8-7-17(28-18)16(25)6-5-15-11-23(19(26)27-15)13-1-3-14(4-2-13)24-10-9-21-12-22-24;2-1-4-3;;/h2*1-4,7-8,12,15H,5-6,9-11H2,(H,21,22);1,3H;1H;/q;;;;+1/p-1/t2*15-;;;/m00.../s1. The molecule has 62 heavy (non-hydrogen) atoms. The molecule has 17 nitrogen and oxygen atoms in total. The number of rotatable bonds is 13. The van der Waals surface area contributed by atoms with E-state index < -0.39 is 0 Å². The molecule has 2 saturated heterocycles. The first-order chi connectivity index (χ1) is 29.1. The van der Waals surface area contributed by atoms with Gasteiger partial charge in [-0.3, -0.25) is 55.0 Å². The summed E-state index contributed by atoms with van der Waals surface area (Å²) in [5, 5.41) is 12.4. The van der Waals surface area contributed by atoms with E-state index in [4.69, 9.17) is 42.7 Å². The van der Waals surface area contributed by atoms with Crippen molar-refractivity contribution in [3.05, 3.63) is 91.2 Å². The van der Waals surface area contributed by atoms with Crippen LogP contribution in [0.3, 0.4) is 0 Å². The molecule has 0 unspecified atom stereocenters. The number of benzene rings is 2. The molecule has 2 atom stereocenters. The van der Waals surface area contributed by atoms with Crippen molar-refractivity contribution in [1.29, 1.82) is 0 Å². The molecule has 0 aliphatic carbocycles. The molecule has 0 saturated carbocycles. The zero-order valence-corrected chi connectivity index (χ0v) is 39.2. The predicted molar refractivity (Wildman–Crippen MR) is 236 cm³/mol. The summed E-state index contributed by atoms with van der Waals surface area (Å²) in [6, 6.07) is 22.3. The number of halogens is 3. The van der Waals surface area contributed by atoms with Gasteiger partial charge in [-0.05, 0) is 85.6 Å². The molecule has 2 amide bonds. The number of thiophene rings is 2. The first-order valence-corrected chi connectivity index (χ1v) is 21.0. The number of hydrazine groups is 2. The van der Waals surface area contributed by atoms with Crippen molar-refractivity contribution < 1.29 is 73.1 Å². The molecule has 0 radical (unpaired) electrons. The van der Waals surface area contributed by atoms with E-state index in [1.165, 1.54) is 22.7 Å². The van der Waals surface area contributed by atoms with Crippen LogP contribution in [0.15, 0.2) is 82.8 Å². The normalized spacial score (nSPS) is 17.4. The Labute approximate surface area is 403 Å². The van der Waals surface area contributed by atoms with Gasteiger partial charge in [-0.2, -0.15) is 0 Å². The number of hydrogen-bond donors (Lipinski definition) is 2. The summed E-state index contributed by atoms with van der Waals surface area (Å²) >= 11 is 14.3. The zero-order valence-electron chi connectivity index (χ0n) is 33.2. The first kappa shape index (κ1) is 50.2. The summed E-state index contributed by atoms with van der Waals surface area (Å²) in [4.78, 5) is 72.9. The maximum Gasteiger partial charge on any atom is 1.00 e. The monoisotopic (exact) mass is 956 g/mol. The Balaban J connectivity index is 0.000000244. The number of nitrogens with one attached hydrogen (secondary N) is 2. The van der Waals surface area contributed by atoms with Crippen LogP contribution < -0.4 is 65.5 Å². The number of hydrogen-bond acceptors (Lipinski definition) is 17. The molecule has 324 valence electrons. The third kappa shape index (κ3) is 14.0. The van der Waals surface area contributed by atoms with E-state index >= 15 is 0 Å². The topological polar surface area (TPSA) is 198 Å². The predicted octanol–water partition coefficient (Wildman–Crippen LogP) is 3.35. The molecular formula is C39H40Cl3N8NaO9S2. The Kier molecular flexibility index (Phi) is 20.2. The Bertz CT molecular complexity index is 2030. The number of cyclic esters (lactones) is 2. The van der Waals surface area contributed by atoms with Crippen LogP contribution in [0.5, 0.6) is 0 Å². The van der Waals surface area contributed by atoms with Gasteiger partial charge in [-0.25, -0.2) is 9.59 Å². The second kappa shape index (κ2) is 25.0.